The van der Waals surface area contributed by atoms with Crippen molar-refractivity contribution in [1.82, 2.24) is 25.4 Å². The lowest BCUT2D eigenvalue weighted by atomic mass is 9.82. The average molecular weight is 460 g/mol. The zero-order chi connectivity index (χ0) is 23.1. The fourth-order valence-corrected chi connectivity index (χ4v) is 5.46. The Balaban J connectivity index is 1.11. The normalized spacial score (nSPS) is 25.7. The summed E-state index contributed by atoms with van der Waals surface area (Å²) in [4.78, 5) is 34.5. The number of benzene rings is 2. The zero-order valence-electron chi connectivity index (χ0n) is 19.1. The van der Waals surface area contributed by atoms with Gasteiger partial charge in [0, 0.05) is 43.3 Å². The lowest BCUT2D eigenvalue weighted by Crippen LogP contribution is -2.69. The zero-order valence-corrected chi connectivity index (χ0v) is 19.1. The van der Waals surface area contributed by atoms with Gasteiger partial charge in [-0.1, -0.05) is 31.0 Å². The first kappa shape index (κ1) is 21.3. The van der Waals surface area contributed by atoms with Crippen molar-refractivity contribution in [2.24, 2.45) is 5.92 Å². The number of aromatic nitrogens is 1. The summed E-state index contributed by atoms with van der Waals surface area (Å²) in [5, 5.41) is 6.79. The van der Waals surface area contributed by atoms with E-state index >= 15 is 0 Å². The van der Waals surface area contributed by atoms with Crippen LogP contribution in [0.15, 0.2) is 52.9 Å². The second-order valence-corrected chi connectivity index (χ2v) is 9.47. The Bertz CT molecular complexity index is 1200. The number of oxazole rings is 1. The highest BCUT2D eigenvalue weighted by atomic mass is 16.3. The number of nitrogens with one attached hydrogen (secondary N) is 2. The molecule has 2 N–H and O–H groups in total. The van der Waals surface area contributed by atoms with Crippen molar-refractivity contribution < 1.29 is 14.0 Å². The molecule has 2 saturated heterocycles. The van der Waals surface area contributed by atoms with E-state index in [1.807, 2.05) is 53.4 Å². The molecule has 3 aliphatic rings. The third-order valence-electron chi connectivity index (χ3n) is 7.38. The van der Waals surface area contributed by atoms with Crippen molar-refractivity contribution in [2.75, 3.05) is 26.2 Å². The van der Waals surface area contributed by atoms with Gasteiger partial charge in [-0.05, 0) is 43.2 Å². The smallest absolute Gasteiger partial charge is 0.254 e. The van der Waals surface area contributed by atoms with E-state index in [2.05, 4.69) is 20.5 Å². The molecular formula is C26H29N5O3. The molecule has 176 valence electrons. The number of fused-ring (bicyclic) bond motifs is 2. The van der Waals surface area contributed by atoms with Crippen molar-refractivity contribution in [3.8, 4) is 11.5 Å². The van der Waals surface area contributed by atoms with E-state index in [4.69, 9.17) is 4.42 Å². The summed E-state index contributed by atoms with van der Waals surface area (Å²) in [6.45, 7) is 2.66. The van der Waals surface area contributed by atoms with Gasteiger partial charge in [0.25, 0.3) is 5.91 Å². The van der Waals surface area contributed by atoms with Crippen LogP contribution in [0.4, 0.5) is 0 Å². The minimum Gasteiger partial charge on any atom is -0.436 e. The first-order valence-electron chi connectivity index (χ1n) is 12.2. The lowest BCUT2D eigenvalue weighted by Gasteiger charge is -2.46. The Morgan fingerprint density at radius 1 is 1.00 bits per heavy atom. The van der Waals surface area contributed by atoms with Crippen LogP contribution in [0.3, 0.4) is 0 Å². The van der Waals surface area contributed by atoms with E-state index in [9.17, 15) is 9.59 Å². The molecule has 34 heavy (non-hydrogen) atoms. The predicted molar refractivity (Wildman–Crippen MR) is 128 cm³/mol. The van der Waals surface area contributed by atoms with E-state index in [1.165, 1.54) is 6.42 Å². The third kappa shape index (κ3) is 3.97. The molecular weight excluding hydrogens is 430 g/mol. The Kier molecular flexibility index (Phi) is 5.55. The molecule has 0 radical (unpaired) electrons. The monoisotopic (exact) mass is 459 g/mol. The fraction of sp³-hybridized carbons (Fsp3) is 0.423. The van der Waals surface area contributed by atoms with E-state index in [0.717, 1.165) is 24.8 Å². The number of carbonyl (C=O) groups is 2. The van der Waals surface area contributed by atoms with Gasteiger partial charge in [-0.3, -0.25) is 19.8 Å². The fourth-order valence-electron chi connectivity index (χ4n) is 5.46. The molecule has 1 aliphatic carbocycles. The highest BCUT2D eigenvalue weighted by Gasteiger charge is 2.40. The maximum absolute atomic E-state index is 13.2. The molecule has 2 amide bonds. The van der Waals surface area contributed by atoms with E-state index < -0.39 is 0 Å². The summed E-state index contributed by atoms with van der Waals surface area (Å²) in [5.74, 6) is 0.819. The van der Waals surface area contributed by atoms with Crippen LogP contribution in [-0.4, -0.2) is 65.1 Å². The van der Waals surface area contributed by atoms with Crippen LogP contribution in [0, 0.1) is 5.92 Å². The average Bonchev–Trinajstić information content (AvgIpc) is 3.32. The molecule has 3 atom stereocenters. The van der Waals surface area contributed by atoms with Crippen molar-refractivity contribution in [3.05, 3.63) is 54.1 Å². The molecule has 3 unspecified atom stereocenters. The molecule has 8 heteroatoms. The number of carbonyl (C=O) groups excluding carboxylic acids is 2. The maximum atomic E-state index is 13.2. The highest BCUT2D eigenvalue weighted by Crippen LogP contribution is 2.28. The van der Waals surface area contributed by atoms with Crippen LogP contribution < -0.4 is 10.6 Å². The van der Waals surface area contributed by atoms with Gasteiger partial charge >= 0.3 is 0 Å². The topological polar surface area (TPSA) is 90.7 Å². The first-order chi connectivity index (χ1) is 16.7. The quantitative estimate of drug-likeness (QED) is 0.626. The van der Waals surface area contributed by atoms with Crippen LogP contribution in [0.5, 0.6) is 0 Å². The molecule has 1 saturated carbocycles. The van der Waals surface area contributed by atoms with E-state index in [0.29, 0.717) is 48.7 Å². The van der Waals surface area contributed by atoms with Crippen molar-refractivity contribution >= 4 is 22.9 Å². The van der Waals surface area contributed by atoms with Crippen LogP contribution in [-0.2, 0) is 4.79 Å². The molecule has 1 aromatic heterocycles. The van der Waals surface area contributed by atoms with Gasteiger partial charge < -0.3 is 14.6 Å². The summed E-state index contributed by atoms with van der Waals surface area (Å²) >= 11 is 0. The van der Waals surface area contributed by atoms with Crippen molar-refractivity contribution in [2.45, 2.75) is 38.0 Å². The molecule has 6 rings (SSSR count). The molecule has 3 fully saturated rings. The lowest BCUT2D eigenvalue weighted by molar-refractivity contribution is -0.134. The molecule has 2 aliphatic heterocycles. The summed E-state index contributed by atoms with van der Waals surface area (Å²) in [7, 11) is 0. The van der Waals surface area contributed by atoms with Gasteiger partial charge in [-0.15, -0.1) is 0 Å². The minimum absolute atomic E-state index is 0.00112. The van der Waals surface area contributed by atoms with E-state index in [1.54, 1.807) is 0 Å². The maximum Gasteiger partial charge on any atom is 0.254 e. The van der Waals surface area contributed by atoms with Gasteiger partial charge in [0.1, 0.15) is 11.8 Å². The largest absolute Gasteiger partial charge is 0.436 e. The first-order valence-corrected chi connectivity index (χ1v) is 12.2. The number of piperazine rings is 1. The van der Waals surface area contributed by atoms with Crippen molar-refractivity contribution in [1.29, 1.82) is 0 Å². The second kappa shape index (κ2) is 8.85. The SMILES string of the molecule is O=C1NC(N2CCN(C(=O)c3ccc4oc(-c5ccccc5)nc4c3)CC2)NC2CCCCC12. The van der Waals surface area contributed by atoms with Gasteiger partial charge in [0.15, 0.2) is 5.58 Å². The van der Waals surface area contributed by atoms with E-state index in [-0.39, 0.29) is 30.1 Å². The Morgan fingerprint density at radius 3 is 2.62 bits per heavy atom. The predicted octanol–water partition coefficient (Wildman–Crippen LogP) is 2.81. The summed E-state index contributed by atoms with van der Waals surface area (Å²) < 4.78 is 5.88. The molecule has 0 spiro atoms. The Hall–Kier alpha value is -3.23. The summed E-state index contributed by atoms with van der Waals surface area (Å²) in [6.07, 6.45) is 4.20. The number of nitrogens with zero attached hydrogens (tertiary/aromatic N) is 3. The van der Waals surface area contributed by atoms with Gasteiger partial charge in [-0.25, -0.2) is 4.98 Å². The van der Waals surface area contributed by atoms with Crippen LogP contribution in [0.1, 0.15) is 36.0 Å². The van der Waals surface area contributed by atoms with Gasteiger partial charge in [0.2, 0.25) is 11.8 Å². The minimum atomic E-state index is -0.146. The summed E-state index contributed by atoms with van der Waals surface area (Å²) in [6, 6.07) is 15.5. The standard InChI is InChI=1S/C26H29N5O3/c32-23-19-8-4-5-9-20(19)28-26(29-23)31-14-12-30(13-15-31)25(33)18-10-11-22-21(16-18)27-24(34-22)17-6-2-1-3-7-17/h1-3,6-7,10-11,16,19-20,26,28H,4-5,8-9,12-15H2,(H,29,32). The molecule has 0 bridgehead atoms. The molecule has 2 aromatic carbocycles. The molecule has 8 nitrogen and oxygen atoms in total. The number of hydrogen-bond donors (Lipinski definition) is 2. The number of hydrogen-bond acceptors (Lipinski definition) is 6. The molecule has 3 heterocycles. The van der Waals surface area contributed by atoms with Gasteiger partial charge in [-0.2, -0.15) is 0 Å². The second-order valence-electron chi connectivity index (χ2n) is 9.47. The van der Waals surface area contributed by atoms with Gasteiger partial charge in [0.05, 0.1) is 5.92 Å². The molecule has 3 aromatic rings. The van der Waals surface area contributed by atoms with Crippen LogP contribution in [0.2, 0.25) is 0 Å². The van der Waals surface area contributed by atoms with Crippen LogP contribution in [0.25, 0.3) is 22.6 Å². The number of rotatable bonds is 3. The van der Waals surface area contributed by atoms with Crippen molar-refractivity contribution in [3.63, 3.8) is 0 Å². The Labute approximate surface area is 198 Å². The Morgan fingerprint density at radius 2 is 1.79 bits per heavy atom. The number of amides is 2. The highest BCUT2D eigenvalue weighted by molar-refractivity contribution is 5.97. The third-order valence-corrected chi connectivity index (χ3v) is 7.38. The van der Waals surface area contributed by atoms with Crippen LogP contribution >= 0.6 is 0 Å². The summed E-state index contributed by atoms with van der Waals surface area (Å²) in [5.41, 5.74) is 2.87.